The number of hydrogen-bond acceptors (Lipinski definition) is 4. The molecule has 2 aromatic rings. The molecule has 0 N–H and O–H groups in total. The Balaban J connectivity index is 1.40. The molecule has 5 nitrogen and oxygen atoms in total. The van der Waals surface area contributed by atoms with Gasteiger partial charge in [-0.2, -0.15) is 0 Å². The third kappa shape index (κ3) is 5.23. The zero-order valence-corrected chi connectivity index (χ0v) is 18.2. The van der Waals surface area contributed by atoms with Crippen molar-refractivity contribution in [1.29, 1.82) is 0 Å². The quantitative estimate of drug-likeness (QED) is 0.200. The van der Waals surface area contributed by atoms with E-state index in [1.807, 2.05) is 66.4 Å². The Morgan fingerprint density at radius 3 is 2.42 bits per heavy atom. The summed E-state index contributed by atoms with van der Waals surface area (Å²) in [5.41, 5.74) is 3.46. The Kier molecular flexibility index (Phi) is 7.15. The van der Waals surface area contributed by atoms with Crippen molar-refractivity contribution in [2.24, 2.45) is 5.16 Å². The molecule has 0 bridgehead atoms. The summed E-state index contributed by atoms with van der Waals surface area (Å²) in [7, 11) is 0. The number of amides is 1. The fourth-order valence-electron chi connectivity index (χ4n) is 4.34. The van der Waals surface area contributed by atoms with Crippen molar-refractivity contribution in [2.45, 2.75) is 38.6 Å². The Labute approximate surface area is 185 Å². The van der Waals surface area contributed by atoms with E-state index in [1.165, 1.54) is 32.4 Å². The zero-order chi connectivity index (χ0) is 21.5. The topological polar surface area (TPSA) is 45.1 Å². The van der Waals surface area contributed by atoms with Crippen LogP contribution in [0.2, 0.25) is 0 Å². The van der Waals surface area contributed by atoms with E-state index in [0.717, 1.165) is 35.5 Å². The van der Waals surface area contributed by atoms with Gasteiger partial charge in [-0.05, 0) is 63.0 Å². The predicted molar refractivity (Wildman–Crippen MR) is 125 cm³/mol. The lowest BCUT2D eigenvalue weighted by Gasteiger charge is -2.43. The van der Waals surface area contributed by atoms with E-state index in [-0.39, 0.29) is 11.9 Å². The van der Waals surface area contributed by atoms with E-state index in [9.17, 15) is 4.79 Å². The Bertz CT molecular complexity index is 918. The molecule has 0 aromatic heterocycles. The lowest BCUT2D eigenvalue weighted by atomic mass is 9.86. The molecular formula is C26H31N3O2. The maximum Gasteiger partial charge on any atom is 0.257 e. The third-order valence-electron chi connectivity index (χ3n) is 5.90. The first-order chi connectivity index (χ1) is 15.2. The molecule has 0 aliphatic carbocycles. The van der Waals surface area contributed by atoms with Crippen molar-refractivity contribution in [3.63, 3.8) is 0 Å². The van der Waals surface area contributed by atoms with Gasteiger partial charge >= 0.3 is 0 Å². The van der Waals surface area contributed by atoms with Crippen molar-refractivity contribution in [3.05, 3.63) is 77.9 Å². The normalized spacial score (nSPS) is 21.3. The number of anilines is 1. The van der Waals surface area contributed by atoms with Crippen LogP contribution in [0.5, 0.6) is 0 Å². The van der Waals surface area contributed by atoms with Gasteiger partial charge in [-0.3, -0.25) is 9.69 Å². The second kappa shape index (κ2) is 10.4. The average Bonchev–Trinajstić information content (AvgIpc) is 2.82. The molecule has 2 fully saturated rings. The van der Waals surface area contributed by atoms with Gasteiger partial charge in [-0.1, -0.05) is 60.1 Å². The number of rotatable bonds is 8. The van der Waals surface area contributed by atoms with Gasteiger partial charge in [0.15, 0.2) is 0 Å². The van der Waals surface area contributed by atoms with E-state index in [1.54, 1.807) is 0 Å². The van der Waals surface area contributed by atoms with E-state index >= 15 is 0 Å². The zero-order valence-electron chi connectivity index (χ0n) is 18.2. The number of carbonyl (C=O) groups is 1. The molecule has 31 heavy (non-hydrogen) atoms. The highest BCUT2D eigenvalue weighted by atomic mass is 16.6. The number of likely N-dealkylation sites (tertiary alicyclic amines) is 1. The van der Waals surface area contributed by atoms with Gasteiger partial charge in [0.2, 0.25) is 0 Å². The van der Waals surface area contributed by atoms with Crippen LogP contribution in [-0.4, -0.2) is 42.8 Å². The maximum atomic E-state index is 13.0. The largest absolute Gasteiger partial charge is 0.396 e. The number of oxime groups is 1. The van der Waals surface area contributed by atoms with Crippen LogP contribution in [0.1, 0.15) is 44.2 Å². The number of benzene rings is 2. The van der Waals surface area contributed by atoms with E-state index < -0.39 is 0 Å². The van der Waals surface area contributed by atoms with Crippen LogP contribution >= 0.6 is 0 Å². The number of β-lactam (4-membered cyclic amide) rings is 1. The monoisotopic (exact) mass is 417 g/mol. The van der Waals surface area contributed by atoms with Gasteiger partial charge in [0, 0.05) is 17.8 Å². The van der Waals surface area contributed by atoms with Crippen LogP contribution < -0.4 is 4.90 Å². The second-order valence-electron chi connectivity index (χ2n) is 8.25. The van der Waals surface area contributed by atoms with Crippen LogP contribution in [-0.2, 0) is 9.63 Å². The maximum absolute atomic E-state index is 13.0. The SMILES string of the molecule is CC(/C=C1/C(=O)N(c2ccccc2)C1c1ccccc1)=N\OCCCN1CCCCC1. The molecule has 2 aliphatic heterocycles. The summed E-state index contributed by atoms with van der Waals surface area (Å²) < 4.78 is 0. The molecule has 4 rings (SSSR count). The first kappa shape index (κ1) is 21.3. The van der Waals surface area contributed by atoms with Crippen LogP contribution in [0.15, 0.2) is 77.5 Å². The first-order valence-electron chi connectivity index (χ1n) is 11.3. The molecule has 2 aromatic carbocycles. The lowest BCUT2D eigenvalue weighted by Crippen LogP contribution is -2.49. The summed E-state index contributed by atoms with van der Waals surface area (Å²) in [5.74, 6) is 0.0136. The fourth-order valence-corrected chi connectivity index (χ4v) is 4.34. The molecule has 2 aliphatic rings. The van der Waals surface area contributed by atoms with Gasteiger partial charge in [0.25, 0.3) is 5.91 Å². The van der Waals surface area contributed by atoms with Crippen LogP contribution in [0, 0.1) is 0 Å². The number of piperidine rings is 1. The number of hydrogen-bond donors (Lipinski definition) is 0. The summed E-state index contributed by atoms with van der Waals surface area (Å²) in [6, 6.07) is 19.8. The summed E-state index contributed by atoms with van der Waals surface area (Å²) in [5, 5.41) is 4.24. The Morgan fingerprint density at radius 2 is 1.71 bits per heavy atom. The smallest absolute Gasteiger partial charge is 0.257 e. The first-order valence-corrected chi connectivity index (χ1v) is 11.3. The summed E-state index contributed by atoms with van der Waals surface area (Å²) in [6.45, 7) is 5.96. The molecule has 5 heteroatoms. The second-order valence-corrected chi connectivity index (χ2v) is 8.25. The molecule has 0 saturated carbocycles. The van der Waals surface area contributed by atoms with Gasteiger partial charge < -0.3 is 9.74 Å². The minimum absolute atomic E-state index is 0.0136. The minimum atomic E-state index is -0.111. The number of carbonyl (C=O) groups excluding carboxylic acids is 1. The molecule has 2 heterocycles. The summed E-state index contributed by atoms with van der Waals surface area (Å²) >= 11 is 0. The van der Waals surface area contributed by atoms with E-state index in [0.29, 0.717) is 6.61 Å². The Hall–Kier alpha value is -2.92. The summed E-state index contributed by atoms with van der Waals surface area (Å²) in [6.07, 6.45) is 6.81. The van der Waals surface area contributed by atoms with Crippen molar-refractivity contribution < 1.29 is 9.63 Å². The minimum Gasteiger partial charge on any atom is -0.396 e. The molecule has 1 amide bonds. The van der Waals surface area contributed by atoms with Crippen molar-refractivity contribution in [2.75, 3.05) is 31.1 Å². The molecule has 2 saturated heterocycles. The van der Waals surface area contributed by atoms with Crippen LogP contribution in [0.3, 0.4) is 0 Å². The summed E-state index contributed by atoms with van der Waals surface area (Å²) in [4.78, 5) is 22.9. The highest BCUT2D eigenvalue weighted by molar-refractivity contribution is 6.18. The standard InChI is InChI=1S/C26H31N3O2/c1-21(27-31-19-11-18-28-16-9-4-10-17-28)20-24-25(22-12-5-2-6-13-22)29(26(24)30)23-14-7-3-8-15-23/h2-3,5-8,12-15,20,25H,4,9-11,16-19H2,1H3/b24-20+,27-21+. The van der Waals surface area contributed by atoms with Crippen LogP contribution in [0.4, 0.5) is 5.69 Å². The van der Waals surface area contributed by atoms with E-state index in [2.05, 4.69) is 22.2 Å². The van der Waals surface area contributed by atoms with Gasteiger partial charge in [0.05, 0.1) is 11.8 Å². The third-order valence-corrected chi connectivity index (χ3v) is 5.90. The van der Waals surface area contributed by atoms with Gasteiger partial charge in [0.1, 0.15) is 6.61 Å². The highest BCUT2D eigenvalue weighted by Gasteiger charge is 2.43. The van der Waals surface area contributed by atoms with E-state index in [4.69, 9.17) is 4.84 Å². The molecule has 0 spiro atoms. The average molecular weight is 418 g/mol. The number of para-hydroxylation sites is 1. The van der Waals surface area contributed by atoms with Crippen molar-refractivity contribution >= 4 is 17.3 Å². The molecule has 1 atom stereocenters. The number of allylic oxidation sites excluding steroid dienone is 1. The van der Waals surface area contributed by atoms with Gasteiger partial charge in [-0.15, -0.1) is 0 Å². The fraction of sp³-hybridized carbons (Fsp3) is 0.385. The number of nitrogens with zero attached hydrogens (tertiary/aromatic N) is 3. The molecule has 0 radical (unpaired) electrons. The van der Waals surface area contributed by atoms with Crippen LogP contribution in [0.25, 0.3) is 0 Å². The van der Waals surface area contributed by atoms with Gasteiger partial charge in [-0.25, -0.2) is 0 Å². The highest BCUT2D eigenvalue weighted by Crippen LogP contribution is 2.42. The molecule has 162 valence electrons. The molecular weight excluding hydrogens is 386 g/mol. The predicted octanol–water partition coefficient (Wildman–Crippen LogP) is 4.97. The Morgan fingerprint density at radius 1 is 1.03 bits per heavy atom. The lowest BCUT2D eigenvalue weighted by molar-refractivity contribution is -0.119. The molecule has 1 unspecified atom stereocenters. The van der Waals surface area contributed by atoms with Crippen molar-refractivity contribution in [3.8, 4) is 0 Å². The van der Waals surface area contributed by atoms with Crippen molar-refractivity contribution in [1.82, 2.24) is 4.90 Å².